The van der Waals surface area contributed by atoms with Crippen LogP contribution in [0.2, 0.25) is 0 Å². The third-order valence-corrected chi connectivity index (χ3v) is 5.47. The van der Waals surface area contributed by atoms with Gasteiger partial charge in [-0.2, -0.15) is 0 Å². The number of rotatable bonds is 7. The van der Waals surface area contributed by atoms with Crippen molar-refractivity contribution in [2.75, 3.05) is 7.11 Å². The van der Waals surface area contributed by atoms with Crippen molar-refractivity contribution in [1.29, 1.82) is 0 Å². The Labute approximate surface area is 143 Å². The van der Waals surface area contributed by atoms with E-state index in [0.29, 0.717) is 18.0 Å². The molecule has 24 heavy (non-hydrogen) atoms. The van der Waals surface area contributed by atoms with E-state index < -0.39 is 10.0 Å². The summed E-state index contributed by atoms with van der Waals surface area (Å²) in [5, 5.41) is 3.74. The fourth-order valence-corrected chi connectivity index (χ4v) is 4.23. The van der Waals surface area contributed by atoms with Gasteiger partial charge in [0, 0.05) is 6.04 Å². The maximum atomic E-state index is 12.8. The molecule has 0 radical (unpaired) electrons. The number of hydrogen-bond donors (Lipinski definition) is 1. The lowest BCUT2D eigenvalue weighted by Crippen LogP contribution is -2.30. The molecule has 1 heterocycles. The third-order valence-electron chi connectivity index (χ3n) is 3.76. The Morgan fingerprint density at radius 3 is 2.29 bits per heavy atom. The molecule has 1 aromatic carbocycles. The second-order valence-corrected chi connectivity index (χ2v) is 7.88. The van der Waals surface area contributed by atoms with Gasteiger partial charge in [0.05, 0.1) is 7.11 Å². The van der Waals surface area contributed by atoms with Gasteiger partial charge < -0.3 is 9.26 Å². The zero-order chi connectivity index (χ0) is 17.9. The summed E-state index contributed by atoms with van der Waals surface area (Å²) < 4.78 is 38.5. The Bertz CT molecular complexity index is 760. The minimum absolute atomic E-state index is 0.116. The smallest absolute Gasteiger partial charge is 0.246 e. The van der Waals surface area contributed by atoms with Gasteiger partial charge in [0.2, 0.25) is 10.0 Å². The number of sulfonamides is 1. The lowest BCUT2D eigenvalue weighted by Gasteiger charge is -2.21. The second-order valence-electron chi connectivity index (χ2n) is 6.23. The van der Waals surface area contributed by atoms with E-state index in [1.165, 1.54) is 0 Å². The van der Waals surface area contributed by atoms with Gasteiger partial charge in [-0.1, -0.05) is 31.1 Å². The molecule has 1 N–H and O–H groups in total. The van der Waals surface area contributed by atoms with Crippen molar-refractivity contribution >= 4 is 10.0 Å². The molecule has 0 bridgehead atoms. The highest BCUT2D eigenvalue weighted by Gasteiger charge is 2.28. The van der Waals surface area contributed by atoms with Crippen LogP contribution < -0.4 is 9.46 Å². The zero-order valence-electron chi connectivity index (χ0n) is 14.7. The number of methoxy groups -OCH3 is 1. The van der Waals surface area contributed by atoms with Gasteiger partial charge >= 0.3 is 0 Å². The predicted octanol–water partition coefficient (Wildman–Crippen LogP) is 3.37. The van der Waals surface area contributed by atoms with Crippen molar-refractivity contribution in [3.8, 4) is 5.75 Å². The Hall–Kier alpha value is -1.86. The molecular formula is C17H24N2O4S. The van der Waals surface area contributed by atoms with Gasteiger partial charge in [0.1, 0.15) is 16.3 Å². The molecule has 6 nitrogen and oxygen atoms in total. The number of nitrogens with one attached hydrogen (secondary N) is 1. The second kappa shape index (κ2) is 7.36. The minimum atomic E-state index is -3.72. The topological polar surface area (TPSA) is 81.4 Å². The van der Waals surface area contributed by atoms with Gasteiger partial charge in [0.25, 0.3) is 0 Å². The van der Waals surface area contributed by atoms with E-state index in [-0.39, 0.29) is 16.7 Å². The van der Waals surface area contributed by atoms with Gasteiger partial charge in [-0.05, 0) is 43.9 Å². The Kier molecular flexibility index (Phi) is 5.66. The lowest BCUT2D eigenvalue weighted by atomic mass is 9.98. The molecule has 0 aliphatic rings. The number of nitrogens with zero attached hydrogens (tertiary/aromatic N) is 1. The first-order valence-corrected chi connectivity index (χ1v) is 9.32. The molecular weight excluding hydrogens is 328 g/mol. The fourth-order valence-electron chi connectivity index (χ4n) is 2.66. The van der Waals surface area contributed by atoms with Crippen LogP contribution >= 0.6 is 0 Å². The standard InChI is InChI=1S/C17H24N2O4S/c1-11(2)10-16(14-6-8-15(22-5)9-7-14)19-24(20,21)17-12(3)18-23-13(17)4/h6-9,11,16,19H,10H2,1-5H3. The summed E-state index contributed by atoms with van der Waals surface area (Å²) in [6, 6.07) is 7.07. The molecule has 0 spiro atoms. The molecule has 0 aliphatic heterocycles. The molecule has 2 rings (SSSR count). The fraction of sp³-hybridized carbons (Fsp3) is 0.471. The normalized spacial score (nSPS) is 13.2. The highest BCUT2D eigenvalue weighted by molar-refractivity contribution is 7.89. The average Bonchev–Trinajstić information content (AvgIpc) is 2.85. The molecule has 0 aliphatic carbocycles. The van der Waals surface area contributed by atoms with Crippen LogP contribution in [0.5, 0.6) is 5.75 Å². The summed E-state index contributed by atoms with van der Waals surface area (Å²) >= 11 is 0. The summed E-state index contributed by atoms with van der Waals surface area (Å²) in [5.74, 6) is 1.35. The summed E-state index contributed by atoms with van der Waals surface area (Å²) in [7, 11) is -2.13. The van der Waals surface area contributed by atoms with Crippen molar-refractivity contribution in [2.24, 2.45) is 5.92 Å². The van der Waals surface area contributed by atoms with Gasteiger partial charge in [0.15, 0.2) is 5.76 Å². The summed E-state index contributed by atoms with van der Waals surface area (Å²) in [6.45, 7) is 7.33. The third kappa shape index (κ3) is 4.15. The molecule has 1 aromatic heterocycles. The number of hydrogen-bond acceptors (Lipinski definition) is 5. The van der Waals surface area contributed by atoms with Crippen LogP contribution in [0.1, 0.15) is 43.3 Å². The highest BCUT2D eigenvalue weighted by atomic mass is 32.2. The molecule has 2 aromatic rings. The lowest BCUT2D eigenvalue weighted by molar-refractivity contribution is 0.390. The number of aromatic nitrogens is 1. The molecule has 1 unspecified atom stereocenters. The van der Waals surface area contributed by atoms with Crippen LogP contribution in [0.25, 0.3) is 0 Å². The largest absolute Gasteiger partial charge is 0.497 e. The molecule has 7 heteroatoms. The van der Waals surface area contributed by atoms with E-state index in [1.807, 2.05) is 24.3 Å². The van der Waals surface area contributed by atoms with Gasteiger partial charge in [-0.15, -0.1) is 0 Å². The molecule has 0 saturated heterocycles. The van der Waals surface area contributed by atoms with Gasteiger partial charge in [-0.3, -0.25) is 0 Å². The van der Waals surface area contributed by atoms with Crippen LogP contribution in [0, 0.1) is 19.8 Å². The Morgan fingerprint density at radius 2 is 1.83 bits per heavy atom. The summed E-state index contributed by atoms with van der Waals surface area (Å²) in [6.07, 6.45) is 0.676. The summed E-state index contributed by atoms with van der Waals surface area (Å²) in [5.41, 5.74) is 1.25. The van der Waals surface area contributed by atoms with Crippen LogP contribution in [-0.4, -0.2) is 20.7 Å². The van der Waals surface area contributed by atoms with E-state index in [2.05, 4.69) is 23.7 Å². The maximum Gasteiger partial charge on any atom is 0.246 e. The van der Waals surface area contributed by atoms with E-state index >= 15 is 0 Å². The van der Waals surface area contributed by atoms with Crippen LogP contribution in [-0.2, 0) is 10.0 Å². The van der Waals surface area contributed by atoms with Crippen LogP contribution in [0.3, 0.4) is 0 Å². The first kappa shape index (κ1) is 18.5. The molecule has 1 atom stereocenters. The van der Waals surface area contributed by atoms with Crippen molar-refractivity contribution in [3.63, 3.8) is 0 Å². The predicted molar refractivity (Wildman–Crippen MR) is 91.5 cm³/mol. The zero-order valence-corrected chi connectivity index (χ0v) is 15.5. The van der Waals surface area contributed by atoms with Crippen LogP contribution in [0.15, 0.2) is 33.7 Å². The Morgan fingerprint density at radius 1 is 1.21 bits per heavy atom. The molecule has 0 saturated carbocycles. The van der Waals surface area contributed by atoms with E-state index in [4.69, 9.17) is 9.26 Å². The molecule has 0 fully saturated rings. The summed E-state index contributed by atoms with van der Waals surface area (Å²) in [4.78, 5) is 0.116. The number of ether oxygens (including phenoxy) is 1. The Balaban J connectivity index is 2.34. The quantitative estimate of drug-likeness (QED) is 0.826. The van der Waals surface area contributed by atoms with E-state index in [9.17, 15) is 8.42 Å². The van der Waals surface area contributed by atoms with Crippen molar-refractivity contribution < 1.29 is 17.7 Å². The van der Waals surface area contributed by atoms with E-state index in [0.717, 1.165) is 11.3 Å². The molecule has 132 valence electrons. The van der Waals surface area contributed by atoms with Crippen LogP contribution in [0.4, 0.5) is 0 Å². The highest BCUT2D eigenvalue weighted by Crippen LogP contribution is 2.27. The molecule has 0 amide bonds. The van der Waals surface area contributed by atoms with Crippen molar-refractivity contribution in [2.45, 2.75) is 45.1 Å². The van der Waals surface area contributed by atoms with Crippen molar-refractivity contribution in [1.82, 2.24) is 9.88 Å². The maximum absolute atomic E-state index is 12.8. The van der Waals surface area contributed by atoms with Gasteiger partial charge in [-0.25, -0.2) is 13.1 Å². The first-order valence-electron chi connectivity index (χ1n) is 7.83. The SMILES string of the molecule is COc1ccc(C(CC(C)C)NS(=O)(=O)c2c(C)noc2C)cc1. The monoisotopic (exact) mass is 352 g/mol. The average molecular weight is 352 g/mol. The first-order chi connectivity index (χ1) is 11.2. The number of aryl methyl sites for hydroxylation is 2. The van der Waals surface area contributed by atoms with Crippen molar-refractivity contribution in [3.05, 3.63) is 41.3 Å². The minimum Gasteiger partial charge on any atom is -0.497 e. The number of benzene rings is 1. The van der Waals surface area contributed by atoms with E-state index in [1.54, 1.807) is 21.0 Å².